The van der Waals surface area contributed by atoms with E-state index in [0.717, 1.165) is 5.41 Å². The Morgan fingerprint density at radius 2 is 1.58 bits per heavy atom. The van der Waals surface area contributed by atoms with Crippen LogP contribution in [0.4, 0.5) is 0 Å². The number of hydrogen-bond donors (Lipinski definition) is 3. The van der Waals surface area contributed by atoms with E-state index in [2.05, 4.69) is 0 Å². The number of carboxylic acid groups (broad SMARTS) is 1. The fourth-order valence-electron chi connectivity index (χ4n) is 3.11. The van der Waals surface area contributed by atoms with Crippen LogP contribution < -0.4 is 24.7 Å². The summed E-state index contributed by atoms with van der Waals surface area (Å²) >= 11 is 0. The molecule has 0 heterocycles. The van der Waals surface area contributed by atoms with Crippen molar-refractivity contribution in [3.05, 3.63) is 52.4 Å². The van der Waals surface area contributed by atoms with Crippen molar-refractivity contribution in [2.45, 2.75) is 11.3 Å². The summed E-state index contributed by atoms with van der Waals surface area (Å²) in [4.78, 5) is 11.6. The molecule has 0 bridgehead atoms. The van der Waals surface area contributed by atoms with E-state index in [1.54, 1.807) is 12.1 Å². The van der Waals surface area contributed by atoms with Gasteiger partial charge >= 0.3 is 5.97 Å². The van der Waals surface area contributed by atoms with Gasteiger partial charge in [-0.15, -0.1) is 0 Å². The molecule has 0 saturated heterocycles. The molecule has 11 heteroatoms. The lowest BCUT2D eigenvalue weighted by atomic mass is 9.90. The molecule has 0 aliphatic heterocycles. The van der Waals surface area contributed by atoms with Crippen molar-refractivity contribution >= 4 is 21.9 Å². The number of carboxylic acids is 1. The Kier molecular flexibility index (Phi) is 8.31. The van der Waals surface area contributed by atoms with Crippen LogP contribution in [0.5, 0.6) is 23.0 Å². The highest BCUT2D eigenvalue weighted by Gasteiger charge is 2.38. The lowest BCUT2D eigenvalue weighted by Crippen LogP contribution is -2.48. The molecule has 4 N–H and O–H groups in total. The molecular weight excluding hydrogens is 454 g/mol. The fourth-order valence-corrected chi connectivity index (χ4v) is 4.19. The molecule has 2 aromatic carbocycles. The van der Waals surface area contributed by atoms with E-state index in [1.165, 1.54) is 52.7 Å². The Morgan fingerprint density at radius 1 is 1.00 bits per heavy atom. The van der Waals surface area contributed by atoms with Gasteiger partial charge in [0, 0.05) is 23.1 Å². The van der Waals surface area contributed by atoms with E-state index in [4.69, 9.17) is 24.7 Å². The summed E-state index contributed by atoms with van der Waals surface area (Å²) in [6.45, 7) is -0.911. The van der Waals surface area contributed by atoms with Crippen molar-refractivity contribution in [3.63, 3.8) is 0 Å². The standard InChI is InChI=1S/C22H27NO9S/c1-29-15-10-19(31-3)16(20(11-15)32-4)7-8-33(27,28)12-14-5-6-18(30-2)17(9-14)22(23,13-24)21(25)26/h5-11,24H,12-13,23H2,1-4H3,(H,25,26)/b8-7+/t22-/m0/s1. The van der Waals surface area contributed by atoms with E-state index < -0.39 is 33.7 Å². The molecule has 10 nitrogen and oxygen atoms in total. The first kappa shape index (κ1) is 26.0. The number of benzene rings is 2. The predicted octanol–water partition coefficient (Wildman–Crippen LogP) is 1.54. The number of sulfone groups is 1. The van der Waals surface area contributed by atoms with Gasteiger partial charge in [-0.2, -0.15) is 0 Å². The molecule has 0 unspecified atom stereocenters. The normalized spacial score (nSPS) is 13.4. The molecule has 0 aliphatic carbocycles. The Hall–Kier alpha value is -3.28. The van der Waals surface area contributed by atoms with Crippen LogP contribution in [0.15, 0.2) is 35.7 Å². The van der Waals surface area contributed by atoms with Crippen molar-refractivity contribution in [1.82, 2.24) is 0 Å². The Bertz CT molecular complexity index is 1120. The third kappa shape index (κ3) is 5.75. The molecule has 0 spiro atoms. The monoisotopic (exact) mass is 481 g/mol. The molecule has 180 valence electrons. The molecular formula is C22H27NO9S. The quantitative estimate of drug-likeness (QED) is 0.430. The summed E-state index contributed by atoms with van der Waals surface area (Å²) < 4.78 is 46.5. The maximum atomic E-state index is 12.8. The van der Waals surface area contributed by atoms with Gasteiger partial charge in [-0.05, 0) is 23.8 Å². The van der Waals surface area contributed by atoms with Crippen LogP contribution in [0.1, 0.15) is 16.7 Å². The topological polar surface area (TPSA) is 155 Å². The average molecular weight is 482 g/mol. The minimum absolute atomic E-state index is 0.0461. The highest BCUT2D eigenvalue weighted by Crippen LogP contribution is 2.35. The summed E-state index contributed by atoms with van der Waals surface area (Å²) in [5.74, 6) is -0.659. The van der Waals surface area contributed by atoms with E-state index in [9.17, 15) is 23.4 Å². The van der Waals surface area contributed by atoms with Gasteiger partial charge in [-0.25, -0.2) is 13.2 Å². The SMILES string of the molecule is COc1cc(OC)c(/C=C/S(=O)(=O)Cc2ccc(OC)c([C@@](N)(CO)C(=O)O)c2)c(OC)c1. The molecule has 0 aromatic heterocycles. The highest BCUT2D eigenvalue weighted by atomic mass is 32.2. The van der Waals surface area contributed by atoms with E-state index in [0.29, 0.717) is 22.8 Å². The van der Waals surface area contributed by atoms with Crippen LogP contribution in [0.25, 0.3) is 6.08 Å². The minimum Gasteiger partial charge on any atom is -0.496 e. The zero-order valence-electron chi connectivity index (χ0n) is 18.7. The van der Waals surface area contributed by atoms with Crippen molar-refractivity contribution in [3.8, 4) is 23.0 Å². The second kappa shape index (κ2) is 10.6. The Morgan fingerprint density at radius 3 is 2.03 bits per heavy atom. The number of carbonyl (C=O) groups is 1. The Labute approximate surface area is 192 Å². The predicted molar refractivity (Wildman–Crippen MR) is 121 cm³/mol. The molecule has 0 aliphatic rings. The second-order valence-electron chi connectivity index (χ2n) is 7.02. The first-order valence-electron chi connectivity index (χ1n) is 9.56. The van der Waals surface area contributed by atoms with E-state index in [1.807, 2.05) is 0 Å². The zero-order chi connectivity index (χ0) is 24.8. The number of aliphatic carboxylic acids is 1. The maximum Gasteiger partial charge on any atom is 0.330 e. The molecule has 2 rings (SSSR count). The molecule has 0 fully saturated rings. The summed E-state index contributed by atoms with van der Waals surface area (Å²) in [5.41, 5.74) is 4.31. The molecule has 33 heavy (non-hydrogen) atoms. The van der Waals surface area contributed by atoms with Crippen LogP contribution in [-0.4, -0.2) is 59.6 Å². The average Bonchev–Trinajstić information content (AvgIpc) is 2.81. The number of aliphatic hydroxyl groups excluding tert-OH is 1. The van der Waals surface area contributed by atoms with Gasteiger partial charge in [0.2, 0.25) is 0 Å². The minimum atomic E-state index is -3.82. The Balaban J connectivity index is 2.44. The lowest BCUT2D eigenvalue weighted by molar-refractivity contribution is -0.145. The van der Waals surface area contributed by atoms with Gasteiger partial charge in [-0.3, -0.25) is 0 Å². The molecule has 0 radical (unpaired) electrons. The van der Waals surface area contributed by atoms with Crippen LogP contribution in [-0.2, 0) is 25.9 Å². The first-order chi connectivity index (χ1) is 15.5. The third-order valence-corrected chi connectivity index (χ3v) is 6.23. The largest absolute Gasteiger partial charge is 0.496 e. The summed E-state index contributed by atoms with van der Waals surface area (Å²) in [5, 5.41) is 20.1. The number of hydrogen-bond acceptors (Lipinski definition) is 9. The van der Waals surface area contributed by atoms with Crippen LogP contribution in [0.3, 0.4) is 0 Å². The van der Waals surface area contributed by atoms with E-state index in [-0.39, 0.29) is 16.9 Å². The van der Waals surface area contributed by atoms with Crippen molar-refractivity contribution in [1.29, 1.82) is 0 Å². The second-order valence-corrected chi connectivity index (χ2v) is 8.91. The summed E-state index contributed by atoms with van der Waals surface area (Å²) in [6, 6.07) is 7.35. The van der Waals surface area contributed by atoms with E-state index >= 15 is 0 Å². The summed E-state index contributed by atoms with van der Waals surface area (Å²) in [7, 11) is 1.84. The highest BCUT2D eigenvalue weighted by molar-refractivity contribution is 7.93. The van der Waals surface area contributed by atoms with Crippen molar-refractivity contribution in [2.75, 3.05) is 35.0 Å². The van der Waals surface area contributed by atoms with Crippen molar-refractivity contribution < 1.29 is 42.4 Å². The number of aliphatic hydroxyl groups is 1. The number of methoxy groups -OCH3 is 4. The molecule has 1 atom stereocenters. The van der Waals surface area contributed by atoms with Crippen LogP contribution in [0.2, 0.25) is 0 Å². The van der Waals surface area contributed by atoms with Gasteiger partial charge in [0.05, 0.1) is 46.4 Å². The molecule has 0 amide bonds. The fraction of sp³-hybridized carbons (Fsp3) is 0.318. The molecule has 0 saturated carbocycles. The number of rotatable bonds is 11. The zero-order valence-corrected chi connectivity index (χ0v) is 19.5. The molecule has 2 aromatic rings. The van der Waals surface area contributed by atoms with Crippen LogP contribution >= 0.6 is 0 Å². The maximum absolute atomic E-state index is 12.8. The lowest BCUT2D eigenvalue weighted by Gasteiger charge is -2.25. The first-order valence-corrected chi connectivity index (χ1v) is 11.3. The number of nitrogens with two attached hydrogens (primary N) is 1. The van der Waals surface area contributed by atoms with Gasteiger partial charge in [0.25, 0.3) is 0 Å². The third-order valence-electron chi connectivity index (χ3n) is 4.94. The van der Waals surface area contributed by atoms with Gasteiger partial charge < -0.3 is 34.9 Å². The summed E-state index contributed by atoms with van der Waals surface area (Å²) in [6.07, 6.45) is 1.34. The van der Waals surface area contributed by atoms with Gasteiger partial charge in [-0.1, -0.05) is 6.07 Å². The van der Waals surface area contributed by atoms with Crippen LogP contribution in [0, 0.1) is 0 Å². The smallest absolute Gasteiger partial charge is 0.330 e. The van der Waals surface area contributed by atoms with Crippen molar-refractivity contribution in [2.24, 2.45) is 5.73 Å². The van der Waals surface area contributed by atoms with Gasteiger partial charge in [0.15, 0.2) is 15.4 Å². The van der Waals surface area contributed by atoms with Gasteiger partial charge in [0.1, 0.15) is 23.0 Å². The number of ether oxygens (including phenoxy) is 4.